The van der Waals surface area contributed by atoms with E-state index in [1.807, 2.05) is 27.7 Å². The van der Waals surface area contributed by atoms with Crippen LogP contribution in [0.15, 0.2) is 0 Å². The number of aliphatic carboxylic acids is 2. The standard InChI is InChI=1S/C22H41N5O7/c1-12(2)9-14(24)19(30)25-15(7-5-6-8-23)20(31)26-16(10-13(3)4)21(32)27-17(22(33)34)11-18(28)29/h12-17H,5-11,23-24H2,1-4H3,(H,25,30)(H,26,31)(H,27,32)(H,28,29)(H,33,34). The zero-order valence-corrected chi connectivity index (χ0v) is 20.5. The number of carboxylic acids is 2. The third kappa shape index (κ3) is 13.1. The van der Waals surface area contributed by atoms with Gasteiger partial charge in [0.15, 0.2) is 0 Å². The maximum Gasteiger partial charge on any atom is 0.326 e. The highest BCUT2D eigenvalue weighted by atomic mass is 16.4. The van der Waals surface area contributed by atoms with Crippen LogP contribution in [-0.4, -0.2) is 70.6 Å². The summed E-state index contributed by atoms with van der Waals surface area (Å²) in [6.07, 6.45) is 1.25. The lowest BCUT2D eigenvalue weighted by Crippen LogP contribution is -2.57. The van der Waals surface area contributed by atoms with E-state index in [1.165, 1.54) is 0 Å². The van der Waals surface area contributed by atoms with Gasteiger partial charge in [0, 0.05) is 0 Å². The minimum Gasteiger partial charge on any atom is -0.481 e. The van der Waals surface area contributed by atoms with Crippen molar-refractivity contribution in [1.82, 2.24) is 16.0 Å². The zero-order chi connectivity index (χ0) is 26.4. The van der Waals surface area contributed by atoms with E-state index in [-0.39, 0.29) is 24.7 Å². The quantitative estimate of drug-likeness (QED) is 0.132. The summed E-state index contributed by atoms with van der Waals surface area (Å²) in [5.74, 6) is -4.69. The van der Waals surface area contributed by atoms with Gasteiger partial charge in [0.2, 0.25) is 17.7 Å². The van der Waals surface area contributed by atoms with Crippen LogP contribution in [-0.2, 0) is 24.0 Å². The Bertz CT molecular complexity index is 699. The Kier molecular flexibility index (Phi) is 14.7. The van der Waals surface area contributed by atoms with Crippen molar-refractivity contribution < 1.29 is 34.2 Å². The molecule has 0 radical (unpaired) electrons. The number of nitrogens with two attached hydrogens (primary N) is 2. The SMILES string of the molecule is CC(C)CC(N)C(=O)NC(CCCCN)C(=O)NC(CC(C)C)C(=O)NC(CC(=O)O)C(=O)O. The number of nitrogens with one attached hydrogen (secondary N) is 3. The molecule has 0 heterocycles. The van der Waals surface area contributed by atoms with Gasteiger partial charge in [0.1, 0.15) is 18.1 Å². The molecule has 0 aliphatic heterocycles. The number of hydrogen-bond donors (Lipinski definition) is 7. The molecule has 0 fully saturated rings. The zero-order valence-electron chi connectivity index (χ0n) is 20.5. The van der Waals surface area contributed by atoms with Crippen molar-refractivity contribution in [3.8, 4) is 0 Å². The van der Waals surface area contributed by atoms with E-state index in [4.69, 9.17) is 16.6 Å². The molecule has 9 N–H and O–H groups in total. The van der Waals surface area contributed by atoms with Crippen LogP contribution in [0.1, 0.15) is 66.2 Å². The normalized spacial score (nSPS) is 14.7. The molecule has 0 rings (SSSR count). The summed E-state index contributed by atoms with van der Waals surface area (Å²) in [5, 5.41) is 25.5. The van der Waals surface area contributed by atoms with Gasteiger partial charge >= 0.3 is 11.9 Å². The second kappa shape index (κ2) is 16.0. The fourth-order valence-electron chi connectivity index (χ4n) is 3.28. The summed E-state index contributed by atoms with van der Waals surface area (Å²) in [7, 11) is 0. The van der Waals surface area contributed by atoms with E-state index < -0.39 is 60.2 Å². The molecule has 0 bridgehead atoms. The van der Waals surface area contributed by atoms with Crippen LogP contribution in [0.2, 0.25) is 0 Å². The predicted molar refractivity (Wildman–Crippen MR) is 125 cm³/mol. The molecule has 34 heavy (non-hydrogen) atoms. The van der Waals surface area contributed by atoms with Crippen molar-refractivity contribution in [2.24, 2.45) is 23.3 Å². The Morgan fingerprint density at radius 2 is 1.24 bits per heavy atom. The lowest BCUT2D eigenvalue weighted by Gasteiger charge is -2.26. The summed E-state index contributed by atoms with van der Waals surface area (Å²) in [6, 6.07) is -4.53. The number of hydrogen-bond acceptors (Lipinski definition) is 7. The fourth-order valence-corrected chi connectivity index (χ4v) is 3.28. The molecule has 196 valence electrons. The highest BCUT2D eigenvalue weighted by molar-refractivity contribution is 5.94. The van der Waals surface area contributed by atoms with E-state index in [9.17, 15) is 29.1 Å². The average molecular weight is 488 g/mol. The third-order valence-corrected chi connectivity index (χ3v) is 4.98. The Labute approximate surface area is 200 Å². The lowest BCUT2D eigenvalue weighted by molar-refractivity contribution is -0.147. The second-order valence-corrected chi connectivity index (χ2v) is 9.27. The van der Waals surface area contributed by atoms with E-state index in [2.05, 4.69) is 16.0 Å². The maximum absolute atomic E-state index is 13.0. The van der Waals surface area contributed by atoms with Gasteiger partial charge in [0.25, 0.3) is 0 Å². The molecular formula is C22H41N5O7. The van der Waals surface area contributed by atoms with Crippen LogP contribution in [0.5, 0.6) is 0 Å². The highest BCUT2D eigenvalue weighted by Gasteiger charge is 2.31. The van der Waals surface area contributed by atoms with Gasteiger partial charge in [-0.1, -0.05) is 27.7 Å². The highest BCUT2D eigenvalue weighted by Crippen LogP contribution is 2.09. The van der Waals surface area contributed by atoms with Crippen molar-refractivity contribution in [2.45, 2.75) is 90.4 Å². The Morgan fingerprint density at radius 1 is 0.735 bits per heavy atom. The van der Waals surface area contributed by atoms with E-state index >= 15 is 0 Å². The number of amides is 3. The summed E-state index contributed by atoms with van der Waals surface area (Å²) < 4.78 is 0. The van der Waals surface area contributed by atoms with Gasteiger partial charge in [-0.05, 0) is 50.5 Å². The molecule has 0 aromatic heterocycles. The molecule has 0 aromatic carbocycles. The van der Waals surface area contributed by atoms with Gasteiger partial charge in [0.05, 0.1) is 12.5 Å². The summed E-state index contributed by atoms with van der Waals surface area (Å²) in [5.41, 5.74) is 11.5. The molecule has 12 nitrogen and oxygen atoms in total. The minimum atomic E-state index is -1.65. The monoisotopic (exact) mass is 487 g/mol. The molecule has 0 saturated heterocycles. The second-order valence-electron chi connectivity index (χ2n) is 9.27. The van der Waals surface area contributed by atoms with Crippen LogP contribution in [0.3, 0.4) is 0 Å². The third-order valence-electron chi connectivity index (χ3n) is 4.98. The number of unbranched alkanes of at least 4 members (excludes halogenated alkanes) is 1. The van der Waals surface area contributed by atoms with Crippen molar-refractivity contribution in [3.05, 3.63) is 0 Å². The van der Waals surface area contributed by atoms with E-state index in [0.29, 0.717) is 25.8 Å². The molecule has 0 aliphatic rings. The van der Waals surface area contributed by atoms with Crippen molar-refractivity contribution in [1.29, 1.82) is 0 Å². The summed E-state index contributed by atoms with van der Waals surface area (Å²) in [6.45, 7) is 7.87. The largest absolute Gasteiger partial charge is 0.481 e. The molecule has 4 unspecified atom stereocenters. The minimum absolute atomic E-state index is 0.0523. The van der Waals surface area contributed by atoms with Crippen molar-refractivity contribution >= 4 is 29.7 Å². The number of carbonyl (C=O) groups excluding carboxylic acids is 3. The van der Waals surface area contributed by atoms with E-state index in [1.54, 1.807) is 0 Å². The van der Waals surface area contributed by atoms with Crippen LogP contribution in [0, 0.1) is 11.8 Å². The maximum atomic E-state index is 13.0. The van der Waals surface area contributed by atoms with Crippen molar-refractivity contribution in [2.75, 3.05) is 6.54 Å². The van der Waals surface area contributed by atoms with Crippen LogP contribution < -0.4 is 27.4 Å². The van der Waals surface area contributed by atoms with Gasteiger partial charge in [-0.25, -0.2) is 4.79 Å². The smallest absolute Gasteiger partial charge is 0.326 e. The first-order chi connectivity index (χ1) is 15.8. The first-order valence-corrected chi connectivity index (χ1v) is 11.6. The van der Waals surface area contributed by atoms with Crippen LogP contribution in [0.4, 0.5) is 0 Å². The molecule has 3 amide bonds. The Balaban J connectivity index is 5.52. The summed E-state index contributed by atoms with van der Waals surface area (Å²) >= 11 is 0. The van der Waals surface area contributed by atoms with Crippen LogP contribution in [0.25, 0.3) is 0 Å². The molecule has 12 heteroatoms. The Morgan fingerprint density at radius 3 is 1.71 bits per heavy atom. The molecule has 0 saturated carbocycles. The van der Waals surface area contributed by atoms with Crippen LogP contribution >= 0.6 is 0 Å². The topological polar surface area (TPSA) is 214 Å². The first-order valence-electron chi connectivity index (χ1n) is 11.6. The molecule has 0 aromatic rings. The molecule has 0 spiro atoms. The predicted octanol–water partition coefficient (Wildman–Crippen LogP) is -0.451. The number of carboxylic acid groups (broad SMARTS) is 2. The molecule has 0 aliphatic carbocycles. The summed E-state index contributed by atoms with van der Waals surface area (Å²) in [4.78, 5) is 60.5. The average Bonchev–Trinajstić information content (AvgIpc) is 2.70. The fraction of sp³-hybridized carbons (Fsp3) is 0.773. The van der Waals surface area contributed by atoms with Crippen molar-refractivity contribution in [3.63, 3.8) is 0 Å². The molecular weight excluding hydrogens is 446 g/mol. The molecule has 4 atom stereocenters. The Hall–Kier alpha value is -2.73. The van der Waals surface area contributed by atoms with E-state index in [0.717, 1.165) is 0 Å². The lowest BCUT2D eigenvalue weighted by atomic mass is 10.0. The number of rotatable bonds is 17. The number of carbonyl (C=O) groups is 5. The first kappa shape index (κ1) is 31.3. The van der Waals surface area contributed by atoms with Gasteiger partial charge in [-0.2, -0.15) is 0 Å². The van der Waals surface area contributed by atoms with Gasteiger partial charge in [-0.15, -0.1) is 0 Å². The van der Waals surface area contributed by atoms with Gasteiger partial charge in [-0.3, -0.25) is 19.2 Å². The van der Waals surface area contributed by atoms with Gasteiger partial charge < -0.3 is 37.6 Å².